The molecule has 0 bridgehead atoms. The van der Waals surface area contributed by atoms with Gasteiger partial charge in [-0.15, -0.1) is 0 Å². The molecule has 5 nitrogen and oxygen atoms in total. The molecule has 2 aromatic rings. The summed E-state index contributed by atoms with van der Waals surface area (Å²) in [5.74, 6) is 0.0513. The van der Waals surface area contributed by atoms with Crippen molar-refractivity contribution in [2.24, 2.45) is 0 Å². The molecule has 1 amide bonds. The fraction of sp³-hybridized carbons (Fsp3) is 0.480. The Balaban J connectivity index is 1.58. The lowest BCUT2D eigenvalue weighted by Crippen LogP contribution is -2.36. The standard InChI is InChI=1S/C25H35N3O2/c1-4-6-15-27(5-2)23-13-9-22(10-14-23)25(29)26(3)20-21-7-11-24(12-8-21)28-16-18-30-19-17-28/h7-14H,4-6,15-20H2,1-3H3. The molecule has 0 aromatic heterocycles. The molecule has 30 heavy (non-hydrogen) atoms. The minimum absolute atomic E-state index is 0.0513. The van der Waals surface area contributed by atoms with Crippen LogP contribution >= 0.6 is 0 Å². The SMILES string of the molecule is CCCCN(CC)c1ccc(C(=O)N(C)Cc2ccc(N3CCOCC3)cc2)cc1. The van der Waals surface area contributed by atoms with Crippen LogP contribution in [0.5, 0.6) is 0 Å². The predicted octanol–water partition coefficient (Wildman–Crippen LogP) is 4.42. The molecule has 0 spiro atoms. The van der Waals surface area contributed by atoms with Gasteiger partial charge in [-0.05, 0) is 55.3 Å². The number of amides is 1. The number of anilines is 2. The van der Waals surface area contributed by atoms with Crippen molar-refractivity contribution in [3.8, 4) is 0 Å². The fourth-order valence-corrected chi connectivity index (χ4v) is 3.83. The topological polar surface area (TPSA) is 36.0 Å². The molecule has 0 radical (unpaired) electrons. The third-order valence-corrected chi connectivity index (χ3v) is 5.72. The Labute approximate surface area is 181 Å². The molecule has 2 aromatic carbocycles. The Morgan fingerprint density at radius 2 is 1.67 bits per heavy atom. The highest BCUT2D eigenvalue weighted by molar-refractivity contribution is 5.94. The van der Waals surface area contributed by atoms with Crippen LogP contribution in [0.15, 0.2) is 48.5 Å². The zero-order valence-electron chi connectivity index (χ0n) is 18.6. The molecule has 162 valence electrons. The maximum absolute atomic E-state index is 12.9. The minimum atomic E-state index is 0.0513. The maximum atomic E-state index is 12.9. The highest BCUT2D eigenvalue weighted by Crippen LogP contribution is 2.19. The molecule has 0 saturated carbocycles. The first-order valence-electron chi connectivity index (χ1n) is 11.1. The molecule has 5 heteroatoms. The van der Waals surface area contributed by atoms with Crippen molar-refractivity contribution in [1.29, 1.82) is 0 Å². The fourth-order valence-electron chi connectivity index (χ4n) is 3.83. The molecule has 0 N–H and O–H groups in total. The van der Waals surface area contributed by atoms with Crippen molar-refractivity contribution in [3.05, 3.63) is 59.7 Å². The summed E-state index contributed by atoms with van der Waals surface area (Å²) in [6.07, 6.45) is 2.37. The van der Waals surface area contributed by atoms with E-state index >= 15 is 0 Å². The second-order valence-corrected chi connectivity index (χ2v) is 7.91. The van der Waals surface area contributed by atoms with Gasteiger partial charge in [0.2, 0.25) is 0 Å². The second kappa shape index (κ2) is 11.0. The summed E-state index contributed by atoms with van der Waals surface area (Å²) in [5.41, 5.74) is 4.27. The number of ether oxygens (including phenoxy) is 1. The Morgan fingerprint density at radius 1 is 1.00 bits per heavy atom. The van der Waals surface area contributed by atoms with Gasteiger partial charge in [0, 0.05) is 56.7 Å². The molecule has 1 fully saturated rings. The number of rotatable bonds is 9. The lowest BCUT2D eigenvalue weighted by atomic mass is 10.1. The van der Waals surface area contributed by atoms with Gasteiger partial charge in [-0.3, -0.25) is 4.79 Å². The van der Waals surface area contributed by atoms with Crippen molar-refractivity contribution in [2.75, 3.05) is 56.2 Å². The minimum Gasteiger partial charge on any atom is -0.378 e. The van der Waals surface area contributed by atoms with E-state index < -0.39 is 0 Å². The summed E-state index contributed by atoms with van der Waals surface area (Å²) in [6, 6.07) is 16.5. The van der Waals surface area contributed by atoms with Crippen molar-refractivity contribution in [2.45, 2.75) is 33.2 Å². The predicted molar refractivity (Wildman–Crippen MR) is 125 cm³/mol. The Kier molecular flexibility index (Phi) is 8.14. The lowest BCUT2D eigenvalue weighted by Gasteiger charge is -2.29. The van der Waals surface area contributed by atoms with E-state index in [0.29, 0.717) is 6.54 Å². The van der Waals surface area contributed by atoms with E-state index in [0.717, 1.165) is 50.5 Å². The third kappa shape index (κ3) is 5.76. The quantitative estimate of drug-likeness (QED) is 0.614. The summed E-state index contributed by atoms with van der Waals surface area (Å²) in [6.45, 7) is 10.5. The highest BCUT2D eigenvalue weighted by Gasteiger charge is 2.14. The number of unbranched alkanes of at least 4 members (excludes halogenated alkanes) is 1. The van der Waals surface area contributed by atoms with Gasteiger partial charge in [-0.1, -0.05) is 25.5 Å². The number of nitrogens with zero attached hydrogens (tertiary/aromatic N) is 3. The third-order valence-electron chi connectivity index (χ3n) is 5.72. The van der Waals surface area contributed by atoms with Crippen LogP contribution in [0.1, 0.15) is 42.6 Å². The first-order valence-corrected chi connectivity index (χ1v) is 11.1. The molecule has 0 atom stereocenters. The van der Waals surface area contributed by atoms with Crippen molar-refractivity contribution in [3.63, 3.8) is 0 Å². The van der Waals surface area contributed by atoms with Gasteiger partial charge in [-0.2, -0.15) is 0 Å². The van der Waals surface area contributed by atoms with Gasteiger partial charge in [0.15, 0.2) is 0 Å². The Hall–Kier alpha value is -2.53. The van der Waals surface area contributed by atoms with Crippen LogP contribution in [0.3, 0.4) is 0 Å². The van der Waals surface area contributed by atoms with Crippen LogP contribution in [-0.2, 0) is 11.3 Å². The molecule has 3 rings (SSSR count). The molecule has 1 aliphatic rings. The maximum Gasteiger partial charge on any atom is 0.253 e. The summed E-state index contributed by atoms with van der Waals surface area (Å²) < 4.78 is 5.42. The second-order valence-electron chi connectivity index (χ2n) is 7.91. The first-order chi connectivity index (χ1) is 14.6. The monoisotopic (exact) mass is 409 g/mol. The number of morpholine rings is 1. The van der Waals surface area contributed by atoms with E-state index in [4.69, 9.17) is 4.74 Å². The van der Waals surface area contributed by atoms with Crippen molar-refractivity contribution in [1.82, 2.24) is 4.90 Å². The normalized spacial score (nSPS) is 13.9. The number of hydrogen-bond acceptors (Lipinski definition) is 4. The molecule has 0 aliphatic carbocycles. The largest absolute Gasteiger partial charge is 0.378 e. The molecule has 1 saturated heterocycles. The summed E-state index contributed by atoms with van der Waals surface area (Å²) in [7, 11) is 1.87. The van der Waals surface area contributed by atoms with E-state index in [9.17, 15) is 4.79 Å². The van der Waals surface area contributed by atoms with Crippen molar-refractivity contribution >= 4 is 17.3 Å². The summed E-state index contributed by atoms with van der Waals surface area (Å²) in [4.78, 5) is 19.4. The Morgan fingerprint density at radius 3 is 2.27 bits per heavy atom. The van der Waals surface area contributed by atoms with Crippen molar-refractivity contribution < 1.29 is 9.53 Å². The van der Waals surface area contributed by atoms with Gasteiger partial charge in [0.1, 0.15) is 0 Å². The molecular formula is C25H35N3O2. The van der Waals surface area contributed by atoms with Crippen LogP contribution in [0.2, 0.25) is 0 Å². The summed E-state index contributed by atoms with van der Waals surface area (Å²) >= 11 is 0. The zero-order valence-corrected chi connectivity index (χ0v) is 18.6. The van der Waals surface area contributed by atoms with E-state index in [1.165, 1.54) is 24.2 Å². The van der Waals surface area contributed by atoms with Gasteiger partial charge < -0.3 is 19.4 Å². The van der Waals surface area contributed by atoms with Crippen LogP contribution in [0, 0.1) is 0 Å². The number of hydrogen-bond donors (Lipinski definition) is 0. The first kappa shape index (κ1) is 22.2. The van der Waals surface area contributed by atoms with Gasteiger partial charge in [-0.25, -0.2) is 0 Å². The lowest BCUT2D eigenvalue weighted by molar-refractivity contribution is 0.0785. The van der Waals surface area contributed by atoms with Crippen LogP contribution < -0.4 is 9.80 Å². The molecule has 1 aliphatic heterocycles. The van der Waals surface area contributed by atoms with Gasteiger partial charge in [0.05, 0.1) is 13.2 Å². The molecule has 0 unspecified atom stereocenters. The van der Waals surface area contributed by atoms with Crippen LogP contribution in [0.4, 0.5) is 11.4 Å². The van der Waals surface area contributed by atoms with E-state index in [-0.39, 0.29) is 5.91 Å². The highest BCUT2D eigenvalue weighted by atomic mass is 16.5. The number of carbonyl (C=O) groups excluding carboxylic acids is 1. The average molecular weight is 410 g/mol. The molecule has 1 heterocycles. The van der Waals surface area contributed by atoms with Crippen LogP contribution in [-0.4, -0.2) is 57.2 Å². The number of benzene rings is 2. The zero-order chi connectivity index (χ0) is 21.3. The van der Waals surface area contributed by atoms with E-state index in [1.807, 2.05) is 19.2 Å². The number of carbonyl (C=O) groups is 1. The molecular weight excluding hydrogens is 374 g/mol. The van der Waals surface area contributed by atoms with Gasteiger partial charge in [0.25, 0.3) is 5.91 Å². The van der Waals surface area contributed by atoms with Gasteiger partial charge >= 0.3 is 0 Å². The van der Waals surface area contributed by atoms with E-state index in [1.54, 1.807) is 4.90 Å². The van der Waals surface area contributed by atoms with Crippen LogP contribution in [0.25, 0.3) is 0 Å². The smallest absolute Gasteiger partial charge is 0.253 e. The van der Waals surface area contributed by atoms with E-state index in [2.05, 4.69) is 60.0 Å². The Bertz CT molecular complexity index is 783. The average Bonchev–Trinajstić information content (AvgIpc) is 2.80. The summed E-state index contributed by atoms with van der Waals surface area (Å²) in [5, 5.41) is 0.